The number of aromatic nitrogens is 4. The smallest absolute Gasteiger partial charge is 0.182 e. The molecule has 1 fully saturated rings. The first-order chi connectivity index (χ1) is 11.3. The van der Waals surface area contributed by atoms with Crippen molar-refractivity contribution in [2.24, 2.45) is 0 Å². The van der Waals surface area contributed by atoms with Crippen LogP contribution in [0, 0.1) is 0 Å². The molecule has 0 saturated carbocycles. The Kier molecular flexibility index (Phi) is 3.68. The minimum Gasteiger partial charge on any atom is -0.468 e. The highest BCUT2D eigenvalue weighted by atomic mass is 16.3. The lowest BCUT2D eigenvalue weighted by Crippen LogP contribution is -2.33. The highest BCUT2D eigenvalue weighted by Gasteiger charge is 2.24. The number of furan rings is 1. The van der Waals surface area contributed by atoms with E-state index in [-0.39, 0.29) is 0 Å². The van der Waals surface area contributed by atoms with Gasteiger partial charge in [0.25, 0.3) is 0 Å². The third kappa shape index (κ3) is 2.90. The van der Waals surface area contributed by atoms with Crippen LogP contribution < -0.4 is 4.90 Å². The Balaban J connectivity index is 1.54. The summed E-state index contributed by atoms with van der Waals surface area (Å²) in [4.78, 5) is 20.0. The zero-order chi connectivity index (χ0) is 15.6. The summed E-state index contributed by atoms with van der Waals surface area (Å²) in [7, 11) is 0. The summed E-state index contributed by atoms with van der Waals surface area (Å²) >= 11 is 0. The summed E-state index contributed by atoms with van der Waals surface area (Å²) in [6.45, 7) is 3.41. The largest absolute Gasteiger partial charge is 0.468 e. The monoisotopic (exact) mass is 314 g/mol. The third-order valence-corrected chi connectivity index (χ3v) is 4.05. The van der Waals surface area contributed by atoms with Crippen LogP contribution in [0.4, 0.5) is 5.82 Å². The molecule has 3 aromatic rings. The quantitative estimate of drug-likeness (QED) is 0.732. The van der Waals surface area contributed by atoms with Gasteiger partial charge in [0.1, 0.15) is 17.6 Å². The molecule has 0 bridgehead atoms. The van der Waals surface area contributed by atoms with Gasteiger partial charge in [-0.25, -0.2) is 15.0 Å². The summed E-state index contributed by atoms with van der Waals surface area (Å²) in [5.74, 6) is 1.69. The summed E-state index contributed by atoms with van der Waals surface area (Å²) in [6.07, 6.45) is 4.34. The van der Waals surface area contributed by atoms with Crippen LogP contribution in [-0.4, -0.2) is 62.2 Å². The molecule has 1 saturated heterocycles. The second-order valence-corrected chi connectivity index (χ2v) is 5.71. The lowest BCUT2D eigenvalue weighted by molar-refractivity contribution is 0.125. The number of nitrogens with zero attached hydrogens (tertiary/aromatic N) is 5. The fourth-order valence-corrected chi connectivity index (χ4v) is 3.01. The fraction of sp³-hybridized carbons (Fsp3) is 0.400. The number of fused-ring (bicyclic) bond motifs is 1. The van der Waals surface area contributed by atoms with Crippen LogP contribution in [0.15, 0.2) is 35.5 Å². The molecule has 3 aromatic heterocycles. The zero-order valence-electron chi connectivity index (χ0n) is 12.6. The molecular formula is C15H18N6O2. The van der Waals surface area contributed by atoms with Gasteiger partial charge in [-0.3, -0.25) is 4.90 Å². The minimum atomic E-state index is -0.458. The summed E-state index contributed by atoms with van der Waals surface area (Å²) < 4.78 is 5.40. The van der Waals surface area contributed by atoms with E-state index in [0.717, 1.165) is 30.2 Å². The number of imidazole rings is 1. The number of rotatable bonds is 3. The van der Waals surface area contributed by atoms with Gasteiger partial charge in [0.05, 0.1) is 25.2 Å². The number of nitrogens with one attached hydrogen (secondary N) is 1. The minimum absolute atomic E-state index is 0.458. The number of anilines is 1. The lowest BCUT2D eigenvalue weighted by Gasteiger charge is -2.22. The van der Waals surface area contributed by atoms with Gasteiger partial charge in [-0.1, -0.05) is 0 Å². The van der Waals surface area contributed by atoms with Crippen LogP contribution in [0.2, 0.25) is 0 Å². The van der Waals surface area contributed by atoms with Crippen molar-refractivity contribution in [3.63, 3.8) is 0 Å². The Bertz CT molecular complexity index is 771. The number of hydrogen-bond donors (Lipinski definition) is 2. The topological polar surface area (TPSA) is 94.3 Å². The first-order valence-electron chi connectivity index (χ1n) is 7.61. The van der Waals surface area contributed by atoms with E-state index in [2.05, 4.69) is 29.7 Å². The number of aliphatic hydroxyl groups excluding tert-OH is 1. The van der Waals surface area contributed by atoms with Crippen molar-refractivity contribution in [2.45, 2.75) is 12.6 Å². The number of hydrogen-bond acceptors (Lipinski definition) is 7. The summed E-state index contributed by atoms with van der Waals surface area (Å²) in [5, 5.41) is 10.4. The van der Waals surface area contributed by atoms with Crippen LogP contribution in [0.25, 0.3) is 11.2 Å². The molecule has 0 aromatic carbocycles. The Morgan fingerprint density at radius 3 is 3.09 bits per heavy atom. The lowest BCUT2D eigenvalue weighted by atomic mass is 10.3. The Morgan fingerprint density at radius 2 is 2.22 bits per heavy atom. The van der Waals surface area contributed by atoms with Gasteiger partial charge >= 0.3 is 0 Å². The Morgan fingerprint density at radius 1 is 1.26 bits per heavy atom. The molecule has 1 aliphatic heterocycles. The molecule has 4 heterocycles. The molecule has 0 amide bonds. The maximum atomic E-state index is 10.4. The van der Waals surface area contributed by atoms with Crippen molar-refractivity contribution in [2.75, 3.05) is 31.1 Å². The van der Waals surface area contributed by atoms with E-state index in [9.17, 15) is 5.11 Å². The molecular weight excluding hydrogens is 296 g/mol. The first-order valence-corrected chi connectivity index (χ1v) is 7.61. The van der Waals surface area contributed by atoms with Crippen LogP contribution in [-0.2, 0) is 6.54 Å². The van der Waals surface area contributed by atoms with E-state index < -0.39 is 6.10 Å². The van der Waals surface area contributed by atoms with E-state index in [1.165, 1.54) is 6.33 Å². The van der Waals surface area contributed by atoms with Gasteiger partial charge in [0, 0.05) is 26.2 Å². The van der Waals surface area contributed by atoms with Gasteiger partial charge in [0.15, 0.2) is 11.5 Å². The molecule has 23 heavy (non-hydrogen) atoms. The average Bonchev–Trinajstić information content (AvgIpc) is 3.18. The number of aliphatic hydroxyl groups is 1. The normalized spacial score (nSPS) is 20.0. The van der Waals surface area contributed by atoms with Crippen molar-refractivity contribution in [1.82, 2.24) is 24.8 Å². The highest BCUT2D eigenvalue weighted by molar-refractivity contribution is 5.82. The number of aromatic amines is 1. The number of β-amino-alcohol motifs (C(OH)–C–C–N with tert-alkyl or cyclic N) is 1. The SMILES string of the molecule is O[C@@H]1CN(Cc2ccco2)CCN(c2ncnc3nc[nH]c23)C1. The Hall–Kier alpha value is -2.45. The van der Waals surface area contributed by atoms with E-state index in [4.69, 9.17) is 4.42 Å². The molecule has 2 N–H and O–H groups in total. The van der Waals surface area contributed by atoms with Gasteiger partial charge in [-0.2, -0.15) is 0 Å². The standard InChI is InChI=1S/C15H18N6O2/c22-11-6-20(8-12-2-1-5-23-12)3-4-21(7-11)15-13-14(17-9-16-13)18-10-19-15/h1-2,5,9-11,22H,3-4,6-8H2,(H,16,17,18,19)/t11-/m1/s1. The molecule has 0 unspecified atom stereocenters. The van der Waals surface area contributed by atoms with Gasteiger partial charge < -0.3 is 19.4 Å². The molecule has 1 aliphatic rings. The zero-order valence-corrected chi connectivity index (χ0v) is 12.6. The second kappa shape index (κ2) is 5.98. The van der Waals surface area contributed by atoms with Gasteiger partial charge in [-0.05, 0) is 12.1 Å². The predicted molar refractivity (Wildman–Crippen MR) is 83.9 cm³/mol. The predicted octanol–water partition coefficient (Wildman–Crippen LogP) is 0.629. The van der Waals surface area contributed by atoms with Crippen molar-refractivity contribution in [3.05, 3.63) is 36.8 Å². The van der Waals surface area contributed by atoms with Crippen LogP contribution in [0.3, 0.4) is 0 Å². The van der Waals surface area contributed by atoms with Gasteiger partial charge in [-0.15, -0.1) is 0 Å². The highest BCUT2D eigenvalue weighted by Crippen LogP contribution is 2.21. The molecule has 0 aliphatic carbocycles. The van der Waals surface area contributed by atoms with E-state index in [1.807, 2.05) is 12.1 Å². The van der Waals surface area contributed by atoms with Gasteiger partial charge in [0.2, 0.25) is 0 Å². The van der Waals surface area contributed by atoms with Crippen LogP contribution in [0.5, 0.6) is 0 Å². The molecule has 120 valence electrons. The van der Waals surface area contributed by atoms with Crippen molar-refractivity contribution >= 4 is 17.0 Å². The second-order valence-electron chi connectivity index (χ2n) is 5.71. The third-order valence-electron chi connectivity index (χ3n) is 4.05. The maximum absolute atomic E-state index is 10.4. The first kappa shape index (κ1) is 14.2. The van der Waals surface area contributed by atoms with Crippen molar-refractivity contribution in [1.29, 1.82) is 0 Å². The molecule has 1 atom stereocenters. The fourth-order valence-electron chi connectivity index (χ4n) is 3.01. The number of H-pyrrole nitrogens is 1. The van der Waals surface area contributed by atoms with E-state index in [1.54, 1.807) is 12.6 Å². The van der Waals surface area contributed by atoms with Crippen LogP contribution >= 0.6 is 0 Å². The summed E-state index contributed by atoms with van der Waals surface area (Å²) in [6, 6.07) is 3.83. The summed E-state index contributed by atoms with van der Waals surface area (Å²) in [5.41, 5.74) is 1.44. The molecule has 0 radical (unpaired) electrons. The molecule has 8 heteroatoms. The van der Waals surface area contributed by atoms with E-state index >= 15 is 0 Å². The molecule has 0 spiro atoms. The Labute approximate surface area is 132 Å². The maximum Gasteiger partial charge on any atom is 0.182 e. The average molecular weight is 314 g/mol. The van der Waals surface area contributed by atoms with Crippen molar-refractivity contribution in [3.8, 4) is 0 Å². The van der Waals surface area contributed by atoms with E-state index in [0.29, 0.717) is 25.3 Å². The molecule has 8 nitrogen and oxygen atoms in total. The molecule has 4 rings (SSSR count). The van der Waals surface area contributed by atoms with Crippen molar-refractivity contribution < 1.29 is 9.52 Å². The van der Waals surface area contributed by atoms with Crippen LogP contribution in [0.1, 0.15) is 5.76 Å².